The molecule has 0 saturated carbocycles. The van der Waals surface area contributed by atoms with Crippen molar-refractivity contribution in [3.8, 4) is 0 Å². The van der Waals surface area contributed by atoms with Crippen LogP contribution in [0.3, 0.4) is 0 Å². The maximum Gasteiger partial charge on any atom is 0.0485 e. The van der Waals surface area contributed by atoms with Crippen LogP contribution >= 0.6 is 0 Å². The molecule has 0 rings (SSSR count). The molecule has 2 nitrogen and oxygen atoms in total. The van der Waals surface area contributed by atoms with Gasteiger partial charge in [0, 0.05) is 19.6 Å². The van der Waals surface area contributed by atoms with Crippen LogP contribution in [-0.2, 0) is 0 Å². The molecule has 0 aromatic heterocycles. The molecular weight excluding hydrogens is 136 g/mol. The van der Waals surface area contributed by atoms with Gasteiger partial charge in [-0.2, -0.15) is 5.43 Å². The Bertz CT molecular complexity index is 120. The molecule has 11 heavy (non-hydrogen) atoms. The average molecular weight is 151 g/mol. The van der Waals surface area contributed by atoms with Crippen molar-refractivity contribution >= 4 is 0 Å². The van der Waals surface area contributed by atoms with Gasteiger partial charge >= 0.3 is 0 Å². The molecule has 0 aliphatic rings. The maximum atomic E-state index is 4.19. The largest absolute Gasteiger partial charge is 0.219 e. The highest BCUT2D eigenvalue weighted by Gasteiger charge is 1.97. The number of hydrogen-bond donors (Lipinski definition) is 0. The summed E-state index contributed by atoms with van der Waals surface area (Å²) in [6, 6.07) is 0. The second-order valence-electron chi connectivity index (χ2n) is 2.06. The quantitative estimate of drug-likeness (QED) is 0.397. The molecule has 0 aliphatic heterocycles. The van der Waals surface area contributed by atoms with E-state index in [1.807, 2.05) is 17.2 Å². The lowest BCUT2D eigenvalue weighted by molar-refractivity contribution is 0.237. The SMILES string of the molecule is C=CC[N]N(CC=C)CC=C. The Balaban J connectivity index is 3.57. The van der Waals surface area contributed by atoms with E-state index in [-0.39, 0.29) is 0 Å². The molecule has 2 heteroatoms. The second-order valence-corrected chi connectivity index (χ2v) is 2.06. The van der Waals surface area contributed by atoms with Gasteiger partial charge in [0.15, 0.2) is 0 Å². The van der Waals surface area contributed by atoms with Gasteiger partial charge in [0.1, 0.15) is 0 Å². The van der Waals surface area contributed by atoms with Crippen molar-refractivity contribution < 1.29 is 0 Å². The third-order valence-electron chi connectivity index (χ3n) is 1.09. The molecule has 0 aliphatic carbocycles. The topological polar surface area (TPSA) is 17.3 Å². The van der Waals surface area contributed by atoms with Crippen LogP contribution in [0.2, 0.25) is 0 Å². The van der Waals surface area contributed by atoms with E-state index in [9.17, 15) is 0 Å². The Morgan fingerprint density at radius 1 is 1.00 bits per heavy atom. The normalized spacial score (nSPS) is 9.55. The second kappa shape index (κ2) is 7.25. The smallest absolute Gasteiger partial charge is 0.0485 e. The minimum atomic E-state index is 0.654. The highest BCUT2D eigenvalue weighted by Crippen LogP contribution is 1.84. The summed E-state index contributed by atoms with van der Waals surface area (Å²) in [5.41, 5.74) is 4.19. The van der Waals surface area contributed by atoms with Gasteiger partial charge in [-0.15, -0.1) is 19.7 Å². The summed E-state index contributed by atoms with van der Waals surface area (Å²) in [4.78, 5) is 0. The summed E-state index contributed by atoms with van der Waals surface area (Å²) in [6.45, 7) is 13.0. The summed E-state index contributed by atoms with van der Waals surface area (Å²) in [5, 5.41) is 1.89. The maximum absolute atomic E-state index is 4.19. The van der Waals surface area contributed by atoms with Gasteiger partial charge in [0.05, 0.1) is 0 Å². The first-order valence-corrected chi connectivity index (χ1v) is 3.60. The summed E-state index contributed by atoms with van der Waals surface area (Å²) < 4.78 is 0. The van der Waals surface area contributed by atoms with Crippen LogP contribution in [0, 0.1) is 0 Å². The molecule has 0 fully saturated rings. The van der Waals surface area contributed by atoms with Gasteiger partial charge in [-0.3, -0.25) is 0 Å². The van der Waals surface area contributed by atoms with Gasteiger partial charge in [-0.05, 0) is 0 Å². The monoisotopic (exact) mass is 151 g/mol. The molecule has 0 atom stereocenters. The molecule has 0 N–H and O–H groups in total. The van der Waals surface area contributed by atoms with Crippen LogP contribution < -0.4 is 5.43 Å². The molecule has 0 heterocycles. The third-order valence-corrected chi connectivity index (χ3v) is 1.09. The molecule has 0 spiro atoms. The van der Waals surface area contributed by atoms with E-state index in [1.165, 1.54) is 0 Å². The van der Waals surface area contributed by atoms with Crippen LogP contribution in [0.4, 0.5) is 0 Å². The van der Waals surface area contributed by atoms with Crippen LogP contribution in [0.5, 0.6) is 0 Å². The van der Waals surface area contributed by atoms with Crippen LogP contribution in [-0.4, -0.2) is 24.6 Å². The molecule has 0 aromatic carbocycles. The summed E-state index contributed by atoms with van der Waals surface area (Å²) in [6.07, 6.45) is 5.39. The lowest BCUT2D eigenvalue weighted by atomic mass is 10.5. The molecule has 1 radical (unpaired) electrons. The highest BCUT2D eigenvalue weighted by molar-refractivity contribution is 4.79. The zero-order valence-corrected chi connectivity index (χ0v) is 6.87. The van der Waals surface area contributed by atoms with Gasteiger partial charge in [0.25, 0.3) is 0 Å². The van der Waals surface area contributed by atoms with Crippen LogP contribution in [0.25, 0.3) is 0 Å². The van der Waals surface area contributed by atoms with Crippen molar-refractivity contribution in [3.63, 3.8) is 0 Å². The Hall–Kier alpha value is -0.860. The summed E-state index contributed by atoms with van der Waals surface area (Å²) in [5.74, 6) is 0. The average Bonchev–Trinajstić information content (AvgIpc) is 2.01. The van der Waals surface area contributed by atoms with E-state index in [0.29, 0.717) is 6.54 Å². The zero-order chi connectivity index (χ0) is 8.53. The molecule has 0 aromatic rings. The molecule has 0 saturated heterocycles. The van der Waals surface area contributed by atoms with E-state index in [4.69, 9.17) is 0 Å². The standard InChI is InChI=1S/C9H15N2/c1-4-7-10-11(8-5-2)9-6-3/h4-6H,1-3,7-9H2. The van der Waals surface area contributed by atoms with Crippen molar-refractivity contribution in [2.75, 3.05) is 19.6 Å². The molecule has 0 unspecified atom stereocenters. The summed E-state index contributed by atoms with van der Waals surface area (Å²) >= 11 is 0. The fourth-order valence-electron chi connectivity index (χ4n) is 0.661. The van der Waals surface area contributed by atoms with Crippen LogP contribution in [0.1, 0.15) is 0 Å². The van der Waals surface area contributed by atoms with Crippen LogP contribution in [0.15, 0.2) is 38.0 Å². The van der Waals surface area contributed by atoms with E-state index in [0.717, 1.165) is 13.1 Å². The number of hydrogen-bond acceptors (Lipinski definition) is 1. The zero-order valence-electron chi connectivity index (χ0n) is 6.87. The third kappa shape index (κ3) is 5.58. The Morgan fingerprint density at radius 2 is 1.55 bits per heavy atom. The van der Waals surface area contributed by atoms with Crippen molar-refractivity contribution in [3.05, 3.63) is 38.0 Å². The first-order chi connectivity index (χ1) is 5.35. The Labute approximate surface area is 68.9 Å². The Kier molecular flexibility index (Phi) is 6.68. The molecule has 0 bridgehead atoms. The summed E-state index contributed by atoms with van der Waals surface area (Å²) in [7, 11) is 0. The van der Waals surface area contributed by atoms with Crippen molar-refractivity contribution in [1.29, 1.82) is 0 Å². The van der Waals surface area contributed by atoms with E-state index in [1.54, 1.807) is 6.08 Å². The van der Waals surface area contributed by atoms with Crippen molar-refractivity contribution in [2.24, 2.45) is 0 Å². The van der Waals surface area contributed by atoms with Crippen molar-refractivity contribution in [1.82, 2.24) is 10.4 Å². The van der Waals surface area contributed by atoms with Gasteiger partial charge in [-0.25, -0.2) is 5.01 Å². The molecule has 61 valence electrons. The van der Waals surface area contributed by atoms with Crippen molar-refractivity contribution in [2.45, 2.75) is 0 Å². The van der Waals surface area contributed by atoms with E-state index >= 15 is 0 Å². The fourth-order valence-corrected chi connectivity index (χ4v) is 0.661. The number of rotatable bonds is 7. The lowest BCUT2D eigenvalue weighted by Gasteiger charge is -2.15. The molecular formula is C9H15N2. The first-order valence-electron chi connectivity index (χ1n) is 3.60. The minimum absolute atomic E-state index is 0.654. The predicted octanol–water partition coefficient (Wildman–Crippen LogP) is 1.37. The fraction of sp³-hybridized carbons (Fsp3) is 0.333. The van der Waals surface area contributed by atoms with E-state index < -0.39 is 0 Å². The van der Waals surface area contributed by atoms with E-state index in [2.05, 4.69) is 25.2 Å². The highest BCUT2D eigenvalue weighted by atomic mass is 15.5. The van der Waals surface area contributed by atoms with Gasteiger partial charge in [-0.1, -0.05) is 18.2 Å². The molecule has 0 amide bonds. The number of nitrogens with zero attached hydrogens (tertiary/aromatic N) is 2. The first kappa shape index (κ1) is 10.1. The minimum Gasteiger partial charge on any atom is -0.219 e. The van der Waals surface area contributed by atoms with Gasteiger partial charge in [0.2, 0.25) is 0 Å². The Morgan fingerprint density at radius 3 is 1.91 bits per heavy atom. The predicted molar refractivity (Wildman–Crippen MR) is 49.2 cm³/mol. The van der Waals surface area contributed by atoms with Gasteiger partial charge < -0.3 is 0 Å². The lowest BCUT2D eigenvalue weighted by Crippen LogP contribution is -2.32.